The van der Waals surface area contributed by atoms with Crippen LogP contribution in [-0.4, -0.2) is 35.0 Å². The van der Waals surface area contributed by atoms with E-state index in [-0.39, 0.29) is 11.7 Å². The number of carbonyl (C=O) groups is 2. The third kappa shape index (κ3) is 3.56. The van der Waals surface area contributed by atoms with Crippen LogP contribution in [0.15, 0.2) is 24.3 Å². The minimum atomic E-state index is -1.02. The van der Waals surface area contributed by atoms with Gasteiger partial charge in [-0.15, -0.1) is 0 Å². The van der Waals surface area contributed by atoms with Gasteiger partial charge in [0, 0.05) is 0 Å². The highest BCUT2D eigenvalue weighted by molar-refractivity contribution is 7.98. The van der Waals surface area contributed by atoms with Gasteiger partial charge in [0.15, 0.2) is 0 Å². The Balaban J connectivity index is 2.08. The monoisotopic (exact) mass is 311 g/mol. The zero-order valence-electron chi connectivity index (χ0n) is 11.8. The molecule has 1 amide bonds. The number of halogens is 1. The lowest BCUT2D eigenvalue weighted by atomic mass is 9.94. The molecule has 4 nitrogen and oxygen atoms in total. The number of carboxylic acid groups (broad SMARTS) is 1. The lowest BCUT2D eigenvalue weighted by molar-refractivity contribution is -0.142. The first kappa shape index (κ1) is 15.8. The van der Waals surface area contributed by atoms with E-state index in [0.29, 0.717) is 25.0 Å². The van der Waals surface area contributed by atoms with Gasteiger partial charge >= 0.3 is 5.97 Å². The highest BCUT2D eigenvalue weighted by Gasteiger charge is 2.51. The predicted molar refractivity (Wildman–Crippen MR) is 79.9 cm³/mol. The fourth-order valence-electron chi connectivity index (χ4n) is 2.33. The molecule has 114 valence electrons. The van der Waals surface area contributed by atoms with Gasteiger partial charge in [-0.1, -0.05) is 12.1 Å². The molecular weight excluding hydrogens is 293 g/mol. The van der Waals surface area contributed by atoms with Gasteiger partial charge in [0.05, 0.1) is 5.41 Å². The van der Waals surface area contributed by atoms with Gasteiger partial charge in [-0.3, -0.25) is 4.79 Å². The fraction of sp³-hybridized carbons (Fsp3) is 0.467. The molecule has 6 heteroatoms. The van der Waals surface area contributed by atoms with Crippen LogP contribution in [0.2, 0.25) is 0 Å². The summed E-state index contributed by atoms with van der Waals surface area (Å²) in [6, 6.07) is 4.97. The minimum absolute atomic E-state index is 0.275. The van der Waals surface area contributed by atoms with E-state index in [0.717, 1.165) is 5.56 Å². The Labute approximate surface area is 127 Å². The summed E-state index contributed by atoms with van der Waals surface area (Å²) in [5, 5.41) is 11.8. The first-order valence-corrected chi connectivity index (χ1v) is 8.18. The summed E-state index contributed by atoms with van der Waals surface area (Å²) >= 11 is 1.54. The second kappa shape index (κ2) is 6.47. The van der Waals surface area contributed by atoms with Crippen LogP contribution in [0.4, 0.5) is 4.39 Å². The zero-order chi connectivity index (χ0) is 15.5. The van der Waals surface area contributed by atoms with Crippen LogP contribution in [-0.2, 0) is 15.0 Å². The molecule has 1 fully saturated rings. The summed E-state index contributed by atoms with van der Waals surface area (Å²) < 4.78 is 13.0. The molecule has 0 unspecified atom stereocenters. The molecule has 2 N–H and O–H groups in total. The quantitative estimate of drug-likeness (QED) is 0.810. The number of carboxylic acids is 1. The molecule has 0 spiro atoms. The van der Waals surface area contributed by atoms with Crippen molar-refractivity contribution in [2.24, 2.45) is 0 Å². The van der Waals surface area contributed by atoms with Crippen LogP contribution in [0.25, 0.3) is 0 Å². The molecule has 2 rings (SSSR count). The molecule has 1 atom stereocenters. The SMILES string of the molecule is CSCC[C@H](NC(=O)C1(c2ccc(F)cc2)CC1)C(=O)O. The summed E-state index contributed by atoms with van der Waals surface area (Å²) in [6.45, 7) is 0. The van der Waals surface area contributed by atoms with E-state index in [1.165, 1.54) is 23.9 Å². The maximum atomic E-state index is 13.0. The standard InChI is InChI=1S/C15H18FNO3S/c1-21-9-6-12(13(18)19)17-14(20)15(7-8-15)10-2-4-11(16)5-3-10/h2-5,12H,6-9H2,1H3,(H,17,20)(H,18,19)/t12-/m0/s1. The third-order valence-corrected chi connectivity index (χ3v) is 4.44. The van der Waals surface area contributed by atoms with Crippen molar-refractivity contribution in [3.05, 3.63) is 35.6 Å². The van der Waals surface area contributed by atoms with Crippen LogP contribution in [0, 0.1) is 5.82 Å². The number of carbonyl (C=O) groups excluding carboxylic acids is 1. The molecule has 0 bridgehead atoms. The molecule has 0 heterocycles. The van der Waals surface area contributed by atoms with Crippen molar-refractivity contribution in [2.45, 2.75) is 30.7 Å². The Bertz CT molecular complexity index is 528. The molecule has 1 aromatic carbocycles. The number of aliphatic carboxylic acids is 1. The Kier molecular flexibility index (Phi) is 4.88. The maximum absolute atomic E-state index is 13.0. The van der Waals surface area contributed by atoms with E-state index in [1.54, 1.807) is 12.1 Å². The number of nitrogens with one attached hydrogen (secondary N) is 1. The molecule has 0 aromatic heterocycles. The molecular formula is C15H18FNO3S. The second-order valence-corrected chi connectivity index (χ2v) is 6.22. The van der Waals surface area contributed by atoms with Crippen molar-refractivity contribution in [3.8, 4) is 0 Å². The molecule has 0 aliphatic heterocycles. The lowest BCUT2D eigenvalue weighted by Gasteiger charge is -2.20. The Morgan fingerprint density at radius 1 is 1.38 bits per heavy atom. The largest absolute Gasteiger partial charge is 0.480 e. The van der Waals surface area contributed by atoms with Crippen molar-refractivity contribution in [1.29, 1.82) is 0 Å². The second-order valence-electron chi connectivity index (χ2n) is 5.23. The summed E-state index contributed by atoms with van der Waals surface area (Å²) in [4.78, 5) is 23.6. The summed E-state index contributed by atoms with van der Waals surface area (Å²) in [7, 11) is 0. The van der Waals surface area contributed by atoms with Gasteiger partial charge in [0.25, 0.3) is 0 Å². The number of rotatable bonds is 7. The average molecular weight is 311 g/mol. The van der Waals surface area contributed by atoms with Gasteiger partial charge in [-0.2, -0.15) is 11.8 Å². The van der Waals surface area contributed by atoms with Gasteiger partial charge in [0.2, 0.25) is 5.91 Å². The fourth-order valence-corrected chi connectivity index (χ4v) is 2.80. The smallest absolute Gasteiger partial charge is 0.326 e. The molecule has 21 heavy (non-hydrogen) atoms. The number of thioether (sulfide) groups is 1. The molecule has 1 saturated carbocycles. The Morgan fingerprint density at radius 3 is 2.48 bits per heavy atom. The van der Waals surface area contributed by atoms with Crippen LogP contribution in [0.3, 0.4) is 0 Å². The maximum Gasteiger partial charge on any atom is 0.326 e. The number of hydrogen-bond acceptors (Lipinski definition) is 3. The lowest BCUT2D eigenvalue weighted by Crippen LogP contribution is -2.45. The summed E-state index contributed by atoms with van der Waals surface area (Å²) in [5.74, 6) is -0.978. The normalized spacial score (nSPS) is 17.0. The zero-order valence-corrected chi connectivity index (χ0v) is 12.6. The van der Waals surface area contributed by atoms with Gasteiger partial charge in [-0.05, 0) is 49.0 Å². The van der Waals surface area contributed by atoms with E-state index in [2.05, 4.69) is 5.32 Å². The van der Waals surface area contributed by atoms with Crippen LogP contribution in [0.1, 0.15) is 24.8 Å². The van der Waals surface area contributed by atoms with E-state index in [1.807, 2.05) is 6.26 Å². The van der Waals surface area contributed by atoms with Gasteiger partial charge in [0.1, 0.15) is 11.9 Å². The molecule has 1 aliphatic rings. The van der Waals surface area contributed by atoms with Crippen molar-refractivity contribution in [2.75, 3.05) is 12.0 Å². The summed E-state index contributed by atoms with van der Waals surface area (Å²) in [5.41, 5.74) is 0.0659. The summed E-state index contributed by atoms with van der Waals surface area (Å²) in [6.07, 6.45) is 3.61. The van der Waals surface area contributed by atoms with E-state index in [4.69, 9.17) is 5.11 Å². The van der Waals surface area contributed by atoms with E-state index < -0.39 is 17.4 Å². The Morgan fingerprint density at radius 2 is 2.00 bits per heavy atom. The third-order valence-electron chi connectivity index (χ3n) is 3.80. The first-order chi connectivity index (χ1) is 9.99. The van der Waals surface area contributed by atoms with Gasteiger partial charge < -0.3 is 10.4 Å². The number of hydrogen-bond donors (Lipinski definition) is 2. The highest BCUT2D eigenvalue weighted by Crippen LogP contribution is 2.48. The van der Waals surface area contributed by atoms with Crippen molar-refractivity contribution >= 4 is 23.6 Å². The van der Waals surface area contributed by atoms with Crippen molar-refractivity contribution < 1.29 is 19.1 Å². The van der Waals surface area contributed by atoms with E-state index in [9.17, 15) is 14.0 Å². The molecule has 0 radical (unpaired) electrons. The van der Waals surface area contributed by atoms with E-state index >= 15 is 0 Å². The molecule has 0 saturated heterocycles. The molecule has 1 aromatic rings. The number of benzene rings is 1. The van der Waals surface area contributed by atoms with Crippen molar-refractivity contribution in [3.63, 3.8) is 0 Å². The van der Waals surface area contributed by atoms with Crippen molar-refractivity contribution in [1.82, 2.24) is 5.32 Å². The van der Waals surface area contributed by atoms with Crippen LogP contribution >= 0.6 is 11.8 Å². The average Bonchev–Trinajstić information content (AvgIpc) is 3.25. The highest BCUT2D eigenvalue weighted by atomic mass is 32.2. The topological polar surface area (TPSA) is 66.4 Å². The van der Waals surface area contributed by atoms with Crippen LogP contribution in [0.5, 0.6) is 0 Å². The molecule has 1 aliphatic carbocycles. The van der Waals surface area contributed by atoms with Crippen LogP contribution < -0.4 is 5.32 Å². The predicted octanol–water partition coefficient (Wildman–Crippen LogP) is 2.18. The first-order valence-electron chi connectivity index (χ1n) is 6.78. The minimum Gasteiger partial charge on any atom is -0.480 e. The Hall–Kier alpha value is -1.56. The van der Waals surface area contributed by atoms with Gasteiger partial charge in [-0.25, -0.2) is 9.18 Å². The number of amides is 1.